The Hall–Kier alpha value is -1.66. The van der Waals surface area contributed by atoms with Crippen LogP contribution >= 0.6 is 0 Å². The molecule has 0 spiro atoms. The largest absolute Gasteiger partial charge is 0.385 e. The van der Waals surface area contributed by atoms with Crippen molar-refractivity contribution in [3.8, 4) is 6.07 Å². The highest BCUT2D eigenvalue weighted by Gasteiger charge is 2.10. The number of hydrogen-bond donors (Lipinski definition) is 1. The number of benzene rings is 1. The molecule has 0 aromatic heterocycles. The number of nitriles is 1. The van der Waals surface area contributed by atoms with E-state index in [1.807, 2.05) is 6.07 Å². The lowest BCUT2D eigenvalue weighted by Crippen LogP contribution is -2.15. The normalized spacial score (nSPS) is 11.8. The van der Waals surface area contributed by atoms with E-state index in [0.717, 1.165) is 0 Å². The fourth-order valence-electron chi connectivity index (χ4n) is 0.950. The van der Waals surface area contributed by atoms with Gasteiger partial charge in [-0.1, -0.05) is 0 Å². The van der Waals surface area contributed by atoms with Gasteiger partial charge >= 0.3 is 0 Å². The average Bonchev–Trinajstić information content (AvgIpc) is 2.17. The molecular formula is C10H9NO2. The highest BCUT2D eigenvalue weighted by atomic mass is 16.3. The van der Waals surface area contributed by atoms with E-state index in [1.54, 1.807) is 12.1 Å². The molecule has 1 rings (SSSR count). The van der Waals surface area contributed by atoms with Gasteiger partial charge in [-0.15, -0.1) is 0 Å². The Kier molecular flexibility index (Phi) is 2.78. The quantitative estimate of drug-likeness (QED) is 0.685. The number of hydrogen-bond acceptors (Lipinski definition) is 3. The molecule has 1 N–H and O–H groups in total. The number of carbonyl (C=O) groups is 1. The lowest BCUT2D eigenvalue weighted by molar-refractivity contribution is 0.0779. The molecule has 13 heavy (non-hydrogen) atoms. The van der Waals surface area contributed by atoms with Crippen molar-refractivity contribution in [3.05, 3.63) is 35.4 Å². The van der Waals surface area contributed by atoms with Gasteiger partial charge in [-0.25, -0.2) is 0 Å². The number of ketones is 1. The summed E-state index contributed by atoms with van der Waals surface area (Å²) in [5.74, 6) is -0.329. The van der Waals surface area contributed by atoms with Crippen LogP contribution < -0.4 is 0 Å². The Bertz CT molecular complexity index is 346. The summed E-state index contributed by atoms with van der Waals surface area (Å²) in [5, 5.41) is 17.5. The van der Waals surface area contributed by atoms with Crippen molar-refractivity contribution in [2.75, 3.05) is 0 Å². The second-order valence-electron chi connectivity index (χ2n) is 2.73. The number of carbonyl (C=O) groups excluding carboxylic acids is 1. The van der Waals surface area contributed by atoms with Gasteiger partial charge in [-0.3, -0.25) is 4.79 Å². The predicted octanol–water partition coefficient (Wildman–Crippen LogP) is 1.12. The number of nitrogens with zero attached hydrogens (tertiary/aromatic N) is 1. The Morgan fingerprint density at radius 1 is 1.46 bits per heavy atom. The van der Waals surface area contributed by atoms with E-state index in [1.165, 1.54) is 19.1 Å². The highest BCUT2D eigenvalue weighted by molar-refractivity contribution is 5.99. The SMILES string of the molecule is CC(O)C(=O)c1ccc(C#N)cc1. The lowest BCUT2D eigenvalue weighted by atomic mass is 10.1. The predicted molar refractivity (Wildman–Crippen MR) is 47.2 cm³/mol. The van der Waals surface area contributed by atoms with Crippen LogP contribution in [0.2, 0.25) is 0 Å². The topological polar surface area (TPSA) is 61.1 Å². The Balaban J connectivity index is 2.94. The summed E-state index contributed by atoms with van der Waals surface area (Å²) >= 11 is 0. The van der Waals surface area contributed by atoms with Crippen LogP contribution in [0, 0.1) is 11.3 Å². The minimum atomic E-state index is -0.993. The van der Waals surface area contributed by atoms with Crippen LogP contribution in [0.25, 0.3) is 0 Å². The van der Waals surface area contributed by atoms with Crippen LogP contribution in [0.1, 0.15) is 22.8 Å². The Morgan fingerprint density at radius 3 is 2.38 bits per heavy atom. The van der Waals surface area contributed by atoms with Gasteiger partial charge in [0.05, 0.1) is 11.6 Å². The van der Waals surface area contributed by atoms with Gasteiger partial charge in [0, 0.05) is 5.56 Å². The minimum Gasteiger partial charge on any atom is -0.385 e. The van der Waals surface area contributed by atoms with Crippen molar-refractivity contribution in [1.82, 2.24) is 0 Å². The second-order valence-corrected chi connectivity index (χ2v) is 2.73. The number of Topliss-reactive ketones (excluding diaryl/α,β-unsaturated/α-hetero) is 1. The van der Waals surface area contributed by atoms with Crippen molar-refractivity contribution >= 4 is 5.78 Å². The van der Waals surface area contributed by atoms with Crippen molar-refractivity contribution in [2.24, 2.45) is 0 Å². The summed E-state index contributed by atoms with van der Waals surface area (Å²) in [6.07, 6.45) is -0.993. The van der Waals surface area contributed by atoms with Crippen LogP contribution in [0.4, 0.5) is 0 Å². The molecule has 0 radical (unpaired) electrons. The third-order valence-corrected chi connectivity index (χ3v) is 1.68. The van der Waals surface area contributed by atoms with Gasteiger partial charge in [-0.05, 0) is 31.2 Å². The molecule has 0 aliphatic heterocycles. The van der Waals surface area contributed by atoms with Crippen LogP contribution in [-0.2, 0) is 0 Å². The molecule has 0 bridgehead atoms. The molecule has 0 heterocycles. The Morgan fingerprint density at radius 2 is 2.00 bits per heavy atom. The van der Waals surface area contributed by atoms with Crippen molar-refractivity contribution in [2.45, 2.75) is 13.0 Å². The zero-order valence-electron chi connectivity index (χ0n) is 7.19. The first-order valence-electron chi connectivity index (χ1n) is 3.87. The van der Waals surface area contributed by atoms with E-state index in [4.69, 9.17) is 10.4 Å². The molecule has 0 aliphatic rings. The van der Waals surface area contributed by atoms with Gasteiger partial charge in [0.25, 0.3) is 0 Å². The molecule has 0 saturated heterocycles. The molecule has 1 aromatic rings. The van der Waals surface area contributed by atoms with Gasteiger partial charge in [0.2, 0.25) is 0 Å². The molecule has 3 heteroatoms. The van der Waals surface area contributed by atoms with Crippen LogP contribution in [0.3, 0.4) is 0 Å². The maximum atomic E-state index is 11.2. The smallest absolute Gasteiger partial charge is 0.190 e. The average molecular weight is 175 g/mol. The van der Waals surface area contributed by atoms with Gasteiger partial charge in [0.15, 0.2) is 5.78 Å². The maximum absolute atomic E-state index is 11.2. The van der Waals surface area contributed by atoms with Crippen molar-refractivity contribution in [3.63, 3.8) is 0 Å². The summed E-state index contributed by atoms with van der Waals surface area (Å²) in [6, 6.07) is 8.12. The van der Waals surface area contributed by atoms with Crippen molar-refractivity contribution in [1.29, 1.82) is 5.26 Å². The first-order valence-corrected chi connectivity index (χ1v) is 3.87. The van der Waals surface area contributed by atoms with Gasteiger partial charge in [0.1, 0.15) is 6.10 Å². The molecule has 0 fully saturated rings. The highest BCUT2D eigenvalue weighted by Crippen LogP contribution is 2.06. The summed E-state index contributed by atoms with van der Waals surface area (Å²) in [6.45, 7) is 1.42. The van der Waals surface area contributed by atoms with Gasteiger partial charge in [-0.2, -0.15) is 5.26 Å². The second kappa shape index (κ2) is 3.83. The summed E-state index contributed by atoms with van der Waals surface area (Å²) in [7, 11) is 0. The molecular weight excluding hydrogens is 166 g/mol. The lowest BCUT2D eigenvalue weighted by Gasteiger charge is -2.02. The summed E-state index contributed by atoms with van der Waals surface area (Å²) in [4.78, 5) is 11.2. The van der Waals surface area contributed by atoms with Gasteiger partial charge < -0.3 is 5.11 Å². The standard InChI is InChI=1S/C10H9NO2/c1-7(12)10(13)9-4-2-8(6-11)3-5-9/h2-5,7,12H,1H3. The number of rotatable bonds is 2. The minimum absolute atomic E-state index is 0.329. The first-order chi connectivity index (χ1) is 6.15. The van der Waals surface area contributed by atoms with Crippen LogP contribution in [0.5, 0.6) is 0 Å². The molecule has 1 aromatic carbocycles. The van der Waals surface area contributed by atoms with E-state index in [-0.39, 0.29) is 5.78 Å². The van der Waals surface area contributed by atoms with Crippen LogP contribution in [0.15, 0.2) is 24.3 Å². The molecule has 0 saturated carbocycles. The summed E-state index contributed by atoms with van der Waals surface area (Å²) < 4.78 is 0. The molecule has 0 aliphatic carbocycles. The fourth-order valence-corrected chi connectivity index (χ4v) is 0.950. The summed E-state index contributed by atoms with van der Waals surface area (Å²) in [5.41, 5.74) is 0.927. The maximum Gasteiger partial charge on any atom is 0.190 e. The molecule has 1 unspecified atom stereocenters. The molecule has 3 nitrogen and oxygen atoms in total. The third kappa shape index (κ3) is 2.14. The fraction of sp³-hybridized carbons (Fsp3) is 0.200. The number of aliphatic hydroxyl groups is 1. The third-order valence-electron chi connectivity index (χ3n) is 1.68. The first kappa shape index (κ1) is 9.43. The van der Waals surface area contributed by atoms with E-state index in [0.29, 0.717) is 11.1 Å². The zero-order valence-corrected chi connectivity index (χ0v) is 7.19. The van der Waals surface area contributed by atoms with Crippen LogP contribution in [-0.4, -0.2) is 17.0 Å². The molecule has 66 valence electrons. The monoisotopic (exact) mass is 175 g/mol. The zero-order chi connectivity index (χ0) is 9.84. The van der Waals surface area contributed by atoms with E-state index < -0.39 is 6.10 Å². The van der Waals surface area contributed by atoms with E-state index in [2.05, 4.69) is 0 Å². The molecule has 1 atom stereocenters. The molecule has 0 amide bonds. The van der Waals surface area contributed by atoms with Crippen molar-refractivity contribution < 1.29 is 9.90 Å². The number of aliphatic hydroxyl groups excluding tert-OH is 1. The van der Waals surface area contributed by atoms with E-state index >= 15 is 0 Å². The van der Waals surface area contributed by atoms with E-state index in [9.17, 15) is 4.79 Å². The Labute approximate surface area is 76.2 Å².